The Labute approximate surface area is 94.2 Å². The lowest BCUT2D eigenvalue weighted by atomic mass is 9.96. The molecule has 14 heavy (non-hydrogen) atoms. The minimum atomic E-state index is 0.912. The van der Waals surface area contributed by atoms with Crippen LogP contribution in [0.1, 0.15) is 18.9 Å². The first-order valence-corrected chi connectivity index (χ1v) is 6.01. The summed E-state index contributed by atoms with van der Waals surface area (Å²) in [6.45, 7) is 6.85. The number of rotatable bonds is 2. The monoisotopic (exact) mass is 253 g/mol. The van der Waals surface area contributed by atoms with Crippen molar-refractivity contribution in [2.24, 2.45) is 5.92 Å². The highest BCUT2D eigenvalue weighted by atomic mass is 79.9. The Morgan fingerprint density at radius 1 is 1.43 bits per heavy atom. The zero-order valence-electron chi connectivity index (χ0n) is 8.76. The maximum Gasteiger partial charge on any atom is 0.0377 e. The van der Waals surface area contributed by atoms with Crippen LogP contribution in [0, 0.1) is 12.8 Å². The SMILES string of the molecule is CCC1CN(c2ccc(C)c(Br)c2)C1. The van der Waals surface area contributed by atoms with Gasteiger partial charge in [-0.1, -0.05) is 28.9 Å². The Balaban J connectivity index is 2.08. The molecule has 1 saturated heterocycles. The summed E-state index contributed by atoms with van der Waals surface area (Å²) in [5.74, 6) is 0.912. The van der Waals surface area contributed by atoms with Gasteiger partial charge in [-0.05, 0) is 37.0 Å². The van der Waals surface area contributed by atoms with E-state index >= 15 is 0 Å². The molecule has 1 aromatic rings. The van der Waals surface area contributed by atoms with Crippen molar-refractivity contribution in [1.82, 2.24) is 0 Å². The Hall–Kier alpha value is -0.500. The summed E-state index contributed by atoms with van der Waals surface area (Å²) in [5, 5.41) is 0. The molecule has 1 aliphatic heterocycles. The van der Waals surface area contributed by atoms with E-state index < -0.39 is 0 Å². The van der Waals surface area contributed by atoms with Gasteiger partial charge in [0.2, 0.25) is 0 Å². The van der Waals surface area contributed by atoms with Gasteiger partial charge in [-0.15, -0.1) is 0 Å². The van der Waals surface area contributed by atoms with Gasteiger partial charge in [-0.2, -0.15) is 0 Å². The minimum absolute atomic E-state index is 0.912. The molecule has 2 heteroatoms. The van der Waals surface area contributed by atoms with Crippen molar-refractivity contribution in [2.75, 3.05) is 18.0 Å². The topological polar surface area (TPSA) is 3.24 Å². The molecule has 0 aliphatic carbocycles. The van der Waals surface area contributed by atoms with Gasteiger partial charge in [0.1, 0.15) is 0 Å². The second kappa shape index (κ2) is 3.93. The van der Waals surface area contributed by atoms with E-state index in [1.165, 1.54) is 35.2 Å². The number of halogens is 1. The van der Waals surface area contributed by atoms with Crippen molar-refractivity contribution in [3.05, 3.63) is 28.2 Å². The highest BCUT2D eigenvalue weighted by Crippen LogP contribution is 2.29. The van der Waals surface area contributed by atoms with E-state index in [1.807, 2.05) is 0 Å². The van der Waals surface area contributed by atoms with Crippen LogP contribution in [0.3, 0.4) is 0 Å². The predicted octanol–water partition coefficient (Wildman–Crippen LogP) is 3.60. The normalized spacial score (nSPS) is 16.9. The van der Waals surface area contributed by atoms with E-state index in [2.05, 4.69) is 52.9 Å². The summed E-state index contributed by atoms with van der Waals surface area (Å²) in [6.07, 6.45) is 1.31. The molecule has 0 spiro atoms. The minimum Gasteiger partial charge on any atom is -0.371 e. The van der Waals surface area contributed by atoms with Gasteiger partial charge in [-0.25, -0.2) is 0 Å². The van der Waals surface area contributed by atoms with Gasteiger partial charge in [0.15, 0.2) is 0 Å². The number of aryl methyl sites for hydroxylation is 1. The summed E-state index contributed by atoms with van der Waals surface area (Å²) in [5.41, 5.74) is 2.66. The third-order valence-electron chi connectivity index (χ3n) is 3.06. The van der Waals surface area contributed by atoms with Crippen LogP contribution in [0.5, 0.6) is 0 Å². The summed E-state index contributed by atoms with van der Waals surface area (Å²) >= 11 is 3.57. The van der Waals surface area contributed by atoms with Gasteiger partial charge in [0, 0.05) is 23.2 Å². The van der Waals surface area contributed by atoms with E-state index in [-0.39, 0.29) is 0 Å². The van der Waals surface area contributed by atoms with E-state index in [9.17, 15) is 0 Å². The molecule has 0 unspecified atom stereocenters. The maximum absolute atomic E-state index is 3.57. The Morgan fingerprint density at radius 2 is 2.14 bits per heavy atom. The number of hydrogen-bond donors (Lipinski definition) is 0. The van der Waals surface area contributed by atoms with Crippen LogP contribution >= 0.6 is 15.9 Å². The van der Waals surface area contributed by atoms with Gasteiger partial charge in [0.25, 0.3) is 0 Å². The third-order valence-corrected chi connectivity index (χ3v) is 3.91. The van der Waals surface area contributed by atoms with Crippen molar-refractivity contribution in [1.29, 1.82) is 0 Å². The smallest absolute Gasteiger partial charge is 0.0377 e. The molecule has 0 bridgehead atoms. The zero-order chi connectivity index (χ0) is 10.1. The Bertz CT molecular complexity index is 329. The second-order valence-corrected chi connectivity index (χ2v) is 4.97. The lowest BCUT2D eigenvalue weighted by molar-refractivity contribution is 0.399. The summed E-state index contributed by atoms with van der Waals surface area (Å²) in [4.78, 5) is 2.44. The fourth-order valence-electron chi connectivity index (χ4n) is 1.82. The fraction of sp³-hybridized carbons (Fsp3) is 0.500. The van der Waals surface area contributed by atoms with Crippen molar-refractivity contribution in [2.45, 2.75) is 20.3 Å². The molecule has 0 radical (unpaired) electrons. The number of benzene rings is 1. The van der Waals surface area contributed by atoms with E-state index in [4.69, 9.17) is 0 Å². The molecular formula is C12H16BrN. The first kappa shape index (κ1) is 10.0. The average molecular weight is 254 g/mol. The molecule has 0 N–H and O–H groups in total. The molecule has 1 heterocycles. The van der Waals surface area contributed by atoms with Crippen LogP contribution in [0.25, 0.3) is 0 Å². The lowest BCUT2D eigenvalue weighted by Gasteiger charge is -2.40. The quantitative estimate of drug-likeness (QED) is 0.779. The number of nitrogens with zero attached hydrogens (tertiary/aromatic N) is 1. The zero-order valence-corrected chi connectivity index (χ0v) is 10.3. The summed E-state index contributed by atoms with van der Waals surface area (Å²) in [6, 6.07) is 6.62. The summed E-state index contributed by atoms with van der Waals surface area (Å²) < 4.78 is 1.22. The first-order chi connectivity index (χ1) is 6.70. The molecule has 1 nitrogen and oxygen atoms in total. The largest absolute Gasteiger partial charge is 0.371 e. The molecule has 0 aromatic heterocycles. The van der Waals surface area contributed by atoms with Crippen LogP contribution in [0.15, 0.2) is 22.7 Å². The maximum atomic E-state index is 3.57. The third kappa shape index (κ3) is 1.81. The highest BCUT2D eigenvalue weighted by molar-refractivity contribution is 9.10. The number of anilines is 1. The second-order valence-electron chi connectivity index (χ2n) is 4.11. The van der Waals surface area contributed by atoms with Gasteiger partial charge in [0.05, 0.1) is 0 Å². The Morgan fingerprint density at radius 3 is 2.71 bits per heavy atom. The molecule has 0 amide bonds. The molecule has 1 aromatic carbocycles. The standard InChI is InChI=1S/C12H16BrN/c1-3-10-7-14(8-10)11-5-4-9(2)12(13)6-11/h4-6,10H,3,7-8H2,1-2H3. The molecule has 0 atom stereocenters. The van der Waals surface area contributed by atoms with Crippen LogP contribution < -0.4 is 4.90 Å². The molecule has 76 valence electrons. The first-order valence-electron chi connectivity index (χ1n) is 5.21. The molecule has 2 rings (SSSR count). The lowest BCUT2D eigenvalue weighted by Crippen LogP contribution is -2.46. The van der Waals surface area contributed by atoms with Crippen molar-refractivity contribution >= 4 is 21.6 Å². The average Bonchev–Trinajstić information content (AvgIpc) is 2.09. The van der Waals surface area contributed by atoms with Gasteiger partial charge < -0.3 is 4.90 Å². The van der Waals surface area contributed by atoms with Crippen molar-refractivity contribution < 1.29 is 0 Å². The van der Waals surface area contributed by atoms with Crippen LogP contribution in [-0.4, -0.2) is 13.1 Å². The van der Waals surface area contributed by atoms with Crippen molar-refractivity contribution in [3.8, 4) is 0 Å². The predicted molar refractivity (Wildman–Crippen MR) is 64.9 cm³/mol. The van der Waals surface area contributed by atoms with Crippen LogP contribution in [-0.2, 0) is 0 Å². The highest BCUT2D eigenvalue weighted by Gasteiger charge is 2.25. The fourth-order valence-corrected chi connectivity index (χ4v) is 2.18. The molecule has 1 aliphatic rings. The van der Waals surface area contributed by atoms with E-state index in [1.54, 1.807) is 0 Å². The molecule has 1 fully saturated rings. The van der Waals surface area contributed by atoms with Crippen molar-refractivity contribution in [3.63, 3.8) is 0 Å². The summed E-state index contributed by atoms with van der Waals surface area (Å²) in [7, 11) is 0. The van der Waals surface area contributed by atoms with E-state index in [0.717, 1.165) is 5.92 Å². The molecule has 0 saturated carbocycles. The van der Waals surface area contributed by atoms with Gasteiger partial charge >= 0.3 is 0 Å². The van der Waals surface area contributed by atoms with Gasteiger partial charge in [-0.3, -0.25) is 0 Å². The molecular weight excluding hydrogens is 238 g/mol. The van der Waals surface area contributed by atoms with Crippen LogP contribution in [0.4, 0.5) is 5.69 Å². The van der Waals surface area contributed by atoms with Crippen LogP contribution in [0.2, 0.25) is 0 Å². The van der Waals surface area contributed by atoms with E-state index in [0.29, 0.717) is 0 Å². The Kier molecular flexibility index (Phi) is 2.82. The number of hydrogen-bond acceptors (Lipinski definition) is 1.